The van der Waals surface area contributed by atoms with Crippen molar-refractivity contribution in [3.05, 3.63) is 78.0 Å². The SMILES string of the molecule is CCO[C]c1nnn(Cc2ccc(C#N)cc2)c1-c1ccccc1. The molecule has 3 aromatic rings. The molecule has 0 amide bonds. The summed E-state index contributed by atoms with van der Waals surface area (Å²) in [6, 6.07) is 19.5. The van der Waals surface area contributed by atoms with Gasteiger partial charge in [0.25, 0.3) is 0 Å². The van der Waals surface area contributed by atoms with Crippen molar-refractivity contribution in [3.63, 3.8) is 0 Å². The summed E-state index contributed by atoms with van der Waals surface area (Å²) in [5.41, 5.74) is 4.11. The second-order valence-electron chi connectivity index (χ2n) is 5.15. The maximum atomic E-state index is 8.90. The van der Waals surface area contributed by atoms with Crippen LogP contribution < -0.4 is 0 Å². The van der Waals surface area contributed by atoms with E-state index in [1.807, 2.05) is 54.1 Å². The Kier molecular flexibility index (Phi) is 4.99. The van der Waals surface area contributed by atoms with Crippen molar-refractivity contribution in [2.75, 3.05) is 6.61 Å². The standard InChI is InChI=1S/C19H16N4O/c1-2-24-14-18-19(17-6-4-3-5-7-17)23(22-21-18)13-16-10-8-15(12-20)9-11-16/h3-11H,2,13H2,1H3. The molecule has 0 fully saturated rings. The molecule has 0 N–H and O–H groups in total. The van der Waals surface area contributed by atoms with Crippen LogP contribution in [-0.4, -0.2) is 21.6 Å². The van der Waals surface area contributed by atoms with Crippen molar-refractivity contribution >= 4 is 0 Å². The molecular formula is C19H16N4O. The number of benzene rings is 2. The lowest BCUT2D eigenvalue weighted by Gasteiger charge is -2.08. The molecule has 0 aliphatic carbocycles. The summed E-state index contributed by atoms with van der Waals surface area (Å²) in [7, 11) is 0. The Morgan fingerprint density at radius 2 is 1.83 bits per heavy atom. The number of rotatable bonds is 6. The maximum Gasteiger partial charge on any atom is 0.190 e. The molecule has 0 bridgehead atoms. The van der Waals surface area contributed by atoms with Crippen LogP contribution in [0.15, 0.2) is 54.6 Å². The number of hydrogen-bond donors (Lipinski definition) is 0. The predicted octanol–water partition coefficient (Wildman–Crippen LogP) is 3.29. The van der Waals surface area contributed by atoms with Gasteiger partial charge in [0, 0.05) is 12.2 Å². The molecule has 0 saturated heterocycles. The highest BCUT2D eigenvalue weighted by atomic mass is 16.5. The van der Waals surface area contributed by atoms with E-state index < -0.39 is 0 Å². The normalized spacial score (nSPS) is 10.5. The summed E-state index contributed by atoms with van der Waals surface area (Å²) in [5, 5.41) is 17.3. The van der Waals surface area contributed by atoms with Gasteiger partial charge in [-0.2, -0.15) is 5.26 Å². The number of nitriles is 1. The fourth-order valence-electron chi connectivity index (χ4n) is 2.37. The molecule has 0 unspecified atom stereocenters. The van der Waals surface area contributed by atoms with E-state index in [4.69, 9.17) is 10.00 Å². The van der Waals surface area contributed by atoms with Crippen LogP contribution in [0.3, 0.4) is 0 Å². The average molecular weight is 316 g/mol. The van der Waals surface area contributed by atoms with Gasteiger partial charge >= 0.3 is 0 Å². The Morgan fingerprint density at radius 1 is 1.08 bits per heavy atom. The van der Waals surface area contributed by atoms with Crippen molar-refractivity contribution < 1.29 is 4.74 Å². The lowest BCUT2D eigenvalue weighted by molar-refractivity contribution is 0.228. The van der Waals surface area contributed by atoms with Crippen molar-refractivity contribution in [1.29, 1.82) is 5.26 Å². The molecule has 1 heterocycles. The summed E-state index contributed by atoms with van der Waals surface area (Å²) in [6.45, 7) is 5.82. The van der Waals surface area contributed by atoms with Crippen molar-refractivity contribution in [2.24, 2.45) is 0 Å². The van der Waals surface area contributed by atoms with Gasteiger partial charge in [-0.1, -0.05) is 47.7 Å². The zero-order valence-corrected chi connectivity index (χ0v) is 13.3. The highest BCUT2D eigenvalue weighted by Gasteiger charge is 2.16. The Hall–Kier alpha value is -2.97. The molecule has 2 aromatic carbocycles. The van der Waals surface area contributed by atoms with Gasteiger partial charge in [0.2, 0.25) is 0 Å². The van der Waals surface area contributed by atoms with E-state index in [-0.39, 0.29) is 0 Å². The monoisotopic (exact) mass is 316 g/mol. The first kappa shape index (κ1) is 15.9. The van der Waals surface area contributed by atoms with E-state index in [0.717, 1.165) is 16.8 Å². The average Bonchev–Trinajstić information content (AvgIpc) is 3.03. The van der Waals surface area contributed by atoms with Crippen LogP contribution in [0.25, 0.3) is 11.3 Å². The van der Waals surface area contributed by atoms with Gasteiger partial charge in [-0.15, -0.1) is 5.10 Å². The van der Waals surface area contributed by atoms with Gasteiger partial charge < -0.3 is 4.74 Å². The van der Waals surface area contributed by atoms with E-state index in [2.05, 4.69) is 23.0 Å². The Bertz CT molecular complexity index is 832. The summed E-state index contributed by atoms with van der Waals surface area (Å²) < 4.78 is 7.09. The first-order chi connectivity index (χ1) is 11.8. The van der Waals surface area contributed by atoms with Gasteiger partial charge in [-0.05, 0) is 24.6 Å². The van der Waals surface area contributed by atoms with Crippen molar-refractivity contribution in [1.82, 2.24) is 15.0 Å². The fraction of sp³-hybridized carbons (Fsp3) is 0.158. The molecule has 24 heavy (non-hydrogen) atoms. The summed E-state index contributed by atoms with van der Waals surface area (Å²) >= 11 is 0. The lowest BCUT2D eigenvalue weighted by Crippen LogP contribution is -2.04. The third kappa shape index (κ3) is 3.50. The molecule has 5 heteroatoms. The van der Waals surface area contributed by atoms with Gasteiger partial charge in [0.05, 0.1) is 23.9 Å². The molecule has 0 spiro atoms. The van der Waals surface area contributed by atoms with Crippen LogP contribution in [0.5, 0.6) is 0 Å². The van der Waals surface area contributed by atoms with E-state index in [1.165, 1.54) is 0 Å². The molecule has 0 atom stereocenters. The van der Waals surface area contributed by atoms with Gasteiger partial charge in [-0.25, -0.2) is 4.68 Å². The Labute approximate surface area is 141 Å². The van der Waals surface area contributed by atoms with Crippen molar-refractivity contribution in [2.45, 2.75) is 13.5 Å². The summed E-state index contributed by atoms with van der Waals surface area (Å²) in [5.74, 6) is 0. The summed E-state index contributed by atoms with van der Waals surface area (Å²) in [6.07, 6.45) is 0. The van der Waals surface area contributed by atoms with Crippen LogP contribution in [0, 0.1) is 17.9 Å². The molecule has 3 rings (SSSR count). The Balaban J connectivity index is 1.94. The molecule has 0 aliphatic heterocycles. The first-order valence-corrected chi connectivity index (χ1v) is 7.67. The number of aromatic nitrogens is 3. The van der Waals surface area contributed by atoms with Gasteiger partial charge in [-0.3, -0.25) is 0 Å². The minimum Gasteiger partial charge on any atom is -0.362 e. The van der Waals surface area contributed by atoms with Gasteiger partial charge in [0.15, 0.2) is 6.61 Å². The lowest BCUT2D eigenvalue weighted by atomic mass is 10.1. The molecule has 0 saturated carbocycles. The zero-order chi connectivity index (χ0) is 16.8. The first-order valence-electron chi connectivity index (χ1n) is 7.67. The quantitative estimate of drug-likeness (QED) is 0.700. The van der Waals surface area contributed by atoms with Crippen LogP contribution in [0.2, 0.25) is 0 Å². The highest BCUT2D eigenvalue weighted by Crippen LogP contribution is 2.24. The fourth-order valence-corrected chi connectivity index (χ4v) is 2.37. The van der Waals surface area contributed by atoms with E-state index in [9.17, 15) is 0 Å². The molecule has 0 aliphatic rings. The van der Waals surface area contributed by atoms with Crippen LogP contribution >= 0.6 is 0 Å². The number of hydrogen-bond acceptors (Lipinski definition) is 4. The minimum atomic E-state index is 0.525. The second-order valence-corrected chi connectivity index (χ2v) is 5.15. The van der Waals surface area contributed by atoms with Gasteiger partial charge in [0.1, 0.15) is 5.69 Å². The largest absolute Gasteiger partial charge is 0.362 e. The number of nitrogens with zero attached hydrogens (tertiary/aromatic N) is 4. The van der Waals surface area contributed by atoms with Crippen LogP contribution in [-0.2, 0) is 11.3 Å². The Morgan fingerprint density at radius 3 is 2.50 bits per heavy atom. The van der Waals surface area contributed by atoms with E-state index in [0.29, 0.717) is 24.4 Å². The second kappa shape index (κ2) is 7.53. The van der Waals surface area contributed by atoms with E-state index in [1.54, 1.807) is 12.1 Å². The predicted molar refractivity (Wildman–Crippen MR) is 89.7 cm³/mol. The smallest absolute Gasteiger partial charge is 0.190 e. The highest BCUT2D eigenvalue weighted by molar-refractivity contribution is 5.63. The number of ether oxygens (including phenoxy) is 1. The molecule has 1 aromatic heterocycles. The molecule has 5 nitrogen and oxygen atoms in total. The minimum absolute atomic E-state index is 0.525. The molecule has 2 radical (unpaired) electrons. The maximum absolute atomic E-state index is 8.90. The van der Waals surface area contributed by atoms with Crippen LogP contribution in [0.4, 0.5) is 0 Å². The molecule has 118 valence electrons. The van der Waals surface area contributed by atoms with Crippen molar-refractivity contribution in [3.8, 4) is 17.3 Å². The van der Waals surface area contributed by atoms with Crippen LogP contribution in [0.1, 0.15) is 23.7 Å². The molecular weight excluding hydrogens is 300 g/mol. The topological polar surface area (TPSA) is 63.7 Å². The summed E-state index contributed by atoms with van der Waals surface area (Å²) in [4.78, 5) is 0. The third-order valence-electron chi connectivity index (χ3n) is 3.51. The zero-order valence-electron chi connectivity index (χ0n) is 13.3. The third-order valence-corrected chi connectivity index (χ3v) is 3.51. The van der Waals surface area contributed by atoms with E-state index >= 15 is 0 Å².